The third-order valence-corrected chi connectivity index (χ3v) is 8.85. The molecule has 1 atom stereocenters. The maximum Gasteiger partial charge on any atom is 0.416 e. The van der Waals surface area contributed by atoms with Crippen LogP contribution in [0.1, 0.15) is 67.5 Å². The average molecular weight is 486 g/mol. The van der Waals surface area contributed by atoms with Gasteiger partial charge in [0.15, 0.2) is 0 Å². The van der Waals surface area contributed by atoms with Crippen molar-refractivity contribution in [2.75, 3.05) is 7.05 Å². The standard InChI is InChI=1S/C22H26F3N3O4S/c1-3-21(7-8-21)14-9-15(22(23,24)25)11-16(10-14)33(31,32)27(2)18-5-4-6-19-17(18)12-26-28(19)13-20(29)30/h9-12,18H,3-8,13H2,1-2H3,(H,29,30)/t18-/m1/s1. The van der Waals surface area contributed by atoms with E-state index in [-0.39, 0.29) is 11.4 Å². The van der Waals surface area contributed by atoms with Gasteiger partial charge in [-0.05, 0) is 67.7 Å². The van der Waals surface area contributed by atoms with Gasteiger partial charge in [-0.15, -0.1) is 0 Å². The highest BCUT2D eigenvalue weighted by molar-refractivity contribution is 7.89. The second-order valence-electron chi connectivity index (χ2n) is 8.90. The third kappa shape index (κ3) is 4.28. The molecule has 1 N–H and O–H groups in total. The summed E-state index contributed by atoms with van der Waals surface area (Å²) in [4.78, 5) is 10.7. The molecule has 1 heterocycles. The molecule has 2 aromatic rings. The predicted molar refractivity (Wildman–Crippen MR) is 113 cm³/mol. The lowest BCUT2D eigenvalue weighted by Gasteiger charge is -2.31. The number of benzene rings is 1. The summed E-state index contributed by atoms with van der Waals surface area (Å²) >= 11 is 0. The average Bonchev–Trinajstić information content (AvgIpc) is 3.47. The first-order valence-electron chi connectivity index (χ1n) is 10.9. The minimum atomic E-state index is -4.67. The van der Waals surface area contributed by atoms with E-state index in [0.29, 0.717) is 48.6 Å². The Morgan fingerprint density at radius 3 is 2.58 bits per heavy atom. The fraction of sp³-hybridized carbons (Fsp3) is 0.545. The number of sulfonamides is 1. The molecule has 0 amide bonds. The van der Waals surface area contributed by atoms with E-state index in [1.165, 1.54) is 24.0 Å². The molecule has 7 nitrogen and oxygen atoms in total. The lowest BCUT2D eigenvalue weighted by atomic mass is 9.92. The monoisotopic (exact) mass is 485 g/mol. The van der Waals surface area contributed by atoms with Gasteiger partial charge >= 0.3 is 12.1 Å². The van der Waals surface area contributed by atoms with Gasteiger partial charge in [0.25, 0.3) is 0 Å². The second kappa shape index (κ2) is 8.12. The SMILES string of the molecule is CCC1(c2cc(C(F)(F)F)cc(S(=O)(=O)N(C)[C@@H]3CCCc4c3cnn4CC(=O)O)c2)CC1. The molecule has 0 radical (unpaired) electrons. The molecule has 33 heavy (non-hydrogen) atoms. The molecule has 2 aliphatic carbocycles. The topological polar surface area (TPSA) is 92.5 Å². The van der Waals surface area contributed by atoms with E-state index in [4.69, 9.17) is 5.11 Å². The number of hydrogen-bond acceptors (Lipinski definition) is 4. The molecule has 4 rings (SSSR count). The predicted octanol–water partition coefficient (Wildman–Crippen LogP) is 4.13. The van der Waals surface area contributed by atoms with Crippen molar-refractivity contribution in [2.45, 2.75) is 74.5 Å². The number of carbonyl (C=O) groups is 1. The minimum Gasteiger partial charge on any atom is -0.480 e. The Hall–Kier alpha value is -2.40. The fourth-order valence-corrected chi connectivity index (χ4v) is 6.22. The van der Waals surface area contributed by atoms with Crippen molar-refractivity contribution >= 4 is 16.0 Å². The van der Waals surface area contributed by atoms with E-state index < -0.39 is 39.2 Å². The van der Waals surface area contributed by atoms with Gasteiger partial charge in [0.1, 0.15) is 6.54 Å². The van der Waals surface area contributed by atoms with Crippen LogP contribution in [0, 0.1) is 0 Å². The minimum absolute atomic E-state index is 0.339. The molecule has 0 unspecified atom stereocenters. The maximum absolute atomic E-state index is 13.6. The highest BCUT2D eigenvalue weighted by Crippen LogP contribution is 2.52. The van der Waals surface area contributed by atoms with E-state index in [1.807, 2.05) is 6.92 Å². The van der Waals surface area contributed by atoms with Crippen LogP contribution in [-0.2, 0) is 39.4 Å². The van der Waals surface area contributed by atoms with Crippen molar-refractivity contribution in [1.82, 2.24) is 14.1 Å². The van der Waals surface area contributed by atoms with Crippen LogP contribution in [0.25, 0.3) is 0 Å². The van der Waals surface area contributed by atoms with E-state index >= 15 is 0 Å². The number of alkyl halides is 3. The lowest BCUT2D eigenvalue weighted by molar-refractivity contribution is -0.138. The molecular formula is C22H26F3N3O4S. The smallest absolute Gasteiger partial charge is 0.416 e. The molecular weight excluding hydrogens is 459 g/mol. The molecule has 2 aliphatic rings. The van der Waals surface area contributed by atoms with Crippen LogP contribution in [-0.4, -0.2) is 40.6 Å². The number of hydrogen-bond donors (Lipinski definition) is 1. The van der Waals surface area contributed by atoms with Crippen molar-refractivity contribution in [3.8, 4) is 0 Å². The number of rotatable bonds is 7. The molecule has 11 heteroatoms. The van der Waals surface area contributed by atoms with Crippen molar-refractivity contribution in [2.24, 2.45) is 0 Å². The number of aliphatic carboxylic acids is 1. The molecule has 1 aromatic heterocycles. The van der Waals surface area contributed by atoms with Gasteiger partial charge in [0.05, 0.1) is 22.7 Å². The van der Waals surface area contributed by atoms with E-state index in [9.17, 15) is 26.4 Å². The fourth-order valence-electron chi connectivity index (χ4n) is 4.79. The number of aromatic nitrogens is 2. The Labute approximate surface area is 190 Å². The summed E-state index contributed by atoms with van der Waals surface area (Å²) in [6.07, 6.45) is 0.518. The summed E-state index contributed by atoms with van der Waals surface area (Å²) in [6.45, 7) is 1.56. The van der Waals surface area contributed by atoms with E-state index in [1.54, 1.807) is 0 Å². The van der Waals surface area contributed by atoms with Gasteiger partial charge in [0, 0.05) is 18.3 Å². The molecule has 0 spiro atoms. The first kappa shape index (κ1) is 23.7. The molecule has 1 aromatic carbocycles. The highest BCUT2D eigenvalue weighted by atomic mass is 32.2. The molecule has 0 saturated heterocycles. The van der Waals surface area contributed by atoms with E-state index in [2.05, 4.69) is 5.10 Å². The number of fused-ring (bicyclic) bond motifs is 1. The van der Waals surface area contributed by atoms with Crippen LogP contribution < -0.4 is 0 Å². The summed E-state index contributed by atoms with van der Waals surface area (Å²) in [5, 5.41) is 13.2. The Morgan fingerprint density at radius 1 is 1.30 bits per heavy atom. The van der Waals surface area contributed by atoms with Gasteiger partial charge in [-0.3, -0.25) is 9.48 Å². The summed E-state index contributed by atoms with van der Waals surface area (Å²) in [5.41, 5.74) is 0.271. The first-order valence-corrected chi connectivity index (χ1v) is 12.3. The Bertz CT molecular complexity index is 1190. The number of halogens is 3. The zero-order valence-corrected chi connectivity index (χ0v) is 19.2. The van der Waals surface area contributed by atoms with Gasteiger partial charge in [-0.2, -0.15) is 22.6 Å². The highest BCUT2D eigenvalue weighted by Gasteiger charge is 2.45. The van der Waals surface area contributed by atoms with Crippen LogP contribution in [0.15, 0.2) is 29.3 Å². The largest absolute Gasteiger partial charge is 0.480 e. The van der Waals surface area contributed by atoms with Crippen molar-refractivity contribution in [3.05, 3.63) is 46.8 Å². The summed E-state index contributed by atoms with van der Waals surface area (Å²) in [6, 6.07) is 2.53. The van der Waals surface area contributed by atoms with Crippen molar-refractivity contribution < 1.29 is 31.5 Å². The zero-order chi connectivity index (χ0) is 24.2. The Morgan fingerprint density at radius 2 is 2.00 bits per heavy atom. The van der Waals surface area contributed by atoms with Crippen molar-refractivity contribution in [1.29, 1.82) is 0 Å². The zero-order valence-electron chi connectivity index (χ0n) is 18.4. The third-order valence-electron chi connectivity index (χ3n) is 7.01. The summed E-state index contributed by atoms with van der Waals surface area (Å²) < 4.78 is 70.4. The van der Waals surface area contributed by atoms with Gasteiger partial charge in [-0.1, -0.05) is 6.92 Å². The summed E-state index contributed by atoms with van der Waals surface area (Å²) in [5.74, 6) is -1.06. The molecule has 0 bridgehead atoms. The van der Waals surface area contributed by atoms with Gasteiger partial charge < -0.3 is 5.11 Å². The lowest BCUT2D eigenvalue weighted by Crippen LogP contribution is -2.34. The van der Waals surface area contributed by atoms with Gasteiger partial charge in [0.2, 0.25) is 10.0 Å². The molecule has 0 aliphatic heterocycles. The second-order valence-corrected chi connectivity index (χ2v) is 10.9. The van der Waals surface area contributed by atoms with Crippen LogP contribution in [0.2, 0.25) is 0 Å². The Kier molecular flexibility index (Phi) is 5.84. The number of carboxylic acids is 1. The quantitative estimate of drug-likeness (QED) is 0.637. The van der Waals surface area contributed by atoms with Crippen LogP contribution >= 0.6 is 0 Å². The van der Waals surface area contributed by atoms with Crippen LogP contribution in [0.3, 0.4) is 0 Å². The normalized spacial score (nSPS) is 20.0. The maximum atomic E-state index is 13.6. The van der Waals surface area contributed by atoms with Crippen molar-refractivity contribution in [3.63, 3.8) is 0 Å². The van der Waals surface area contributed by atoms with Crippen LogP contribution in [0.5, 0.6) is 0 Å². The van der Waals surface area contributed by atoms with Gasteiger partial charge in [-0.25, -0.2) is 8.42 Å². The number of nitrogens with zero attached hydrogens (tertiary/aromatic N) is 3. The summed E-state index contributed by atoms with van der Waals surface area (Å²) in [7, 11) is -2.90. The van der Waals surface area contributed by atoms with Crippen LogP contribution in [0.4, 0.5) is 13.2 Å². The number of carboxylic acid groups (broad SMARTS) is 1. The molecule has 180 valence electrons. The first-order chi connectivity index (χ1) is 15.4. The van der Waals surface area contributed by atoms with E-state index in [0.717, 1.165) is 23.2 Å². The Balaban J connectivity index is 1.74. The molecule has 1 saturated carbocycles. The molecule has 1 fully saturated rings.